The Morgan fingerprint density at radius 2 is 1.23 bits per heavy atom. The van der Waals surface area contributed by atoms with E-state index in [9.17, 15) is 0 Å². The molecule has 0 fully saturated rings. The maximum atomic E-state index is 6.48. The molecule has 0 heterocycles. The molecule has 0 bridgehead atoms. The molecule has 0 aromatic rings. The van der Waals surface area contributed by atoms with Crippen molar-refractivity contribution >= 4 is 0 Å². The number of hydrogen-bond donors (Lipinski definition) is 0. The number of rotatable bonds is 6. The molecule has 0 aromatic carbocycles. The van der Waals surface area contributed by atoms with Gasteiger partial charge in [0, 0.05) is 0 Å². The normalized spacial score (nSPS) is 13.4. The Morgan fingerprint density at radius 1 is 0.846 bits per heavy atom. The Hall–Kier alpha value is 1.39. The summed E-state index contributed by atoms with van der Waals surface area (Å²) in [5, 5.41) is 9.59. The molecule has 0 unspecified atom stereocenters. The molecule has 0 aromatic heterocycles. The third-order valence-electron chi connectivity index (χ3n) is 2.11. The van der Waals surface area contributed by atoms with Gasteiger partial charge in [0.05, 0.1) is 0 Å². The van der Waals surface area contributed by atoms with Crippen molar-refractivity contribution in [2.24, 2.45) is 0 Å². The van der Waals surface area contributed by atoms with Crippen molar-refractivity contribution in [1.29, 1.82) is 0 Å². The van der Waals surface area contributed by atoms with E-state index in [1.165, 1.54) is 22.3 Å². The molecule has 1 nitrogen and oxygen atoms in total. The van der Waals surface area contributed by atoms with Crippen molar-refractivity contribution in [3.05, 3.63) is 0 Å². The van der Waals surface area contributed by atoms with Crippen LogP contribution in [0.15, 0.2) is 0 Å². The second kappa shape index (κ2) is 6.08. The molecule has 0 amide bonds. The average molecular weight is 258 g/mol. The number of hydrogen-bond acceptors (Lipinski definition) is 1. The maximum absolute atomic E-state index is 6.48. The van der Waals surface area contributed by atoms with Gasteiger partial charge < -0.3 is 0 Å². The first-order valence-electron chi connectivity index (χ1n) is 5.53. The van der Waals surface area contributed by atoms with Crippen LogP contribution in [-0.4, -0.2) is 0 Å². The Balaban J connectivity index is 4.22. The second-order valence-electron chi connectivity index (χ2n) is 5.16. The summed E-state index contributed by atoms with van der Waals surface area (Å²) in [5.41, 5.74) is 0. The Kier molecular flexibility index (Phi) is 6.73. The molecule has 0 aliphatic heterocycles. The predicted molar refractivity (Wildman–Crippen MR) is 54.7 cm³/mol. The van der Waals surface area contributed by atoms with Crippen molar-refractivity contribution in [1.82, 2.24) is 0 Å². The summed E-state index contributed by atoms with van der Waals surface area (Å²) in [7, 11) is 0. The molecule has 0 aliphatic carbocycles. The molecule has 3 heteroatoms. The van der Waals surface area contributed by atoms with E-state index in [2.05, 4.69) is 34.8 Å². The molecule has 0 saturated carbocycles. The van der Waals surface area contributed by atoms with Crippen LogP contribution in [0.25, 0.3) is 0 Å². The van der Waals surface area contributed by atoms with Gasteiger partial charge in [-0.15, -0.1) is 0 Å². The first-order valence-corrected chi connectivity index (χ1v) is 15.3. The zero-order chi connectivity index (χ0) is 10.5. The van der Waals surface area contributed by atoms with Gasteiger partial charge in [-0.25, -0.2) is 0 Å². The van der Waals surface area contributed by atoms with Crippen molar-refractivity contribution < 1.29 is 35.9 Å². The molecular weight excluding hydrogens is 232 g/mol. The molecule has 0 N–H and O–H groups in total. The van der Waals surface area contributed by atoms with E-state index < -0.39 is 34.0 Å². The van der Waals surface area contributed by atoms with Gasteiger partial charge in [-0.05, 0) is 0 Å². The molecule has 0 atom stereocenters. The van der Waals surface area contributed by atoms with E-state index in [-0.39, 0.29) is 0 Å². The van der Waals surface area contributed by atoms with Gasteiger partial charge in [-0.2, -0.15) is 0 Å². The zero-order valence-corrected chi connectivity index (χ0v) is 13.4. The predicted octanol–water partition coefficient (Wildman–Crippen LogP) is 4.99. The van der Waals surface area contributed by atoms with E-state index in [1.54, 1.807) is 0 Å². The minimum atomic E-state index is -1.82. The second-order valence-corrected chi connectivity index (χ2v) is 19.5. The first kappa shape index (κ1) is 14.4. The van der Waals surface area contributed by atoms with Gasteiger partial charge in [-0.3, -0.25) is 0 Å². The van der Waals surface area contributed by atoms with E-state index >= 15 is 0 Å². The summed E-state index contributed by atoms with van der Waals surface area (Å²) >= 11 is -3.57. The topological polar surface area (TPSA) is 9.23 Å². The van der Waals surface area contributed by atoms with Crippen molar-refractivity contribution in [3.8, 4) is 0 Å². The molecule has 0 saturated heterocycles. The average Bonchev–Trinajstić information content (AvgIpc) is 1.82. The minimum absolute atomic E-state index is 1.31. The van der Waals surface area contributed by atoms with Gasteiger partial charge in [0.1, 0.15) is 0 Å². The van der Waals surface area contributed by atoms with Crippen LogP contribution in [0.4, 0.5) is 0 Å². The van der Waals surface area contributed by atoms with Gasteiger partial charge in [0.2, 0.25) is 0 Å². The van der Waals surface area contributed by atoms with E-state index in [0.29, 0.717) is 0 Å². The van der Waals surface area contributed by atoms with E-state index in [4.69, 9.17) is 1.90 Å². The van der Waals surface area contributed by atoms with Crippen molar-refractivity contribution in [2.75, 3.05) is 0 Å². The summed E-state index contributed by atoms with van der Waals surface area (Å²) in [6, 6.07) is 0. The van der Waals surface area contributed by atoms with Crippen molar-refractivity contribution in [3.63, 3.8) is 0 Å². The van der Waals surface area contributed by atoms with Crippen LogP contribution in [0.5, 0.6) is 0 Å². The molecule has 0 radical (unpaired) electrons. The van der Waals surface area contributed by atoms with Crippen LogP contribution in [0.2, 0.25) is 30.4 Å². The summed E-state index contributed by atoms with van der Waals surface area (Å²) in [5.74, 6) is 0. The fraction of sp³-hybridized carbons (Fsp3) is 1.00. The molecule has 13 heavy (non-hydrogen) atoms. The van der Waals surface area contributed by atoms with Crippen LogP contribution in [-0.2, 0) is 35.9 Å². The molecular formula is C10H26OTi2. The fourth-order valence-electron chi connectivity index (χ4n) is 2.02. The standard InChI is InChI=1S/2C3H7.4CH3.O.2Ti/c2*1-3-2;;;;;;;/h2*1,3H2,2H3;4*1H3;;;. The van der Waals surface area contributed by atoms with Crippen LogP contribution in [0.1, 0.15) is 26.7 Å². The molecule has 0 rings (SSSR count). The van der Waals surface area contributed by atoms with Crippen LogP contribution >= 0.6 is 0 Å². The Bertz CT molecular complexity index is 134. The Morgan fingerprint density at radius 3 is 1.46 bits per heavy atom. The quantitative estimate of drug-likeness (QED) is 0.610. The van der Waals surface area contributed by atoms with Crippen molar-refractivity contribution in [2.45, 2.75) is 57.1 Å². The van der Waals surface area contributed by atoms with Crippen LogP contribution in [0.3, 0.4) is 0 Å². The molecule has 0 spiro atoms. The first-order chi connectivity index (χ1) is 5.83. The molecule has 0 aliphatic rings. The van der Waals surface area contributed by atoms with Gasteiger partial charge in [0.25, 0.3) is 0 Å². The van der Waals surface area contributed by atoms with Crippen LogP contribution < -0.4 is 0 Å². The monoisotopic (exact) mass is 258 g/mol. The Labute approximate surface area is 92.3 Å². The van der Waals surface area contributed by atoms with E-state index in [0.717, 1.165) is 0 Å². The van der Waals surface area contributed by atoms with E-state index in [1.807, 2.05) is 0 Å². The summed E-state index contributed by atoms with van der Waals surface area (Å²) in [6.07, 6.45) is 2.63. The van der Waals surface area contributed by atoms with Gasteiger partial charge >= 0.3 is 92.9 Å². The molecule has 80 valence electrons. The summed E-state index contributed by atoms with van der Waals surface area (Å²) < 4.78 is 9.28. The summed E-state index contributed by atoms with van der Waals surface area (Å²) in [6.45, 7) is 4.58. The fourth-order valence-corrected chi connectivity index (χ4v) is 19.2. The summed E-state index contributed by atoms with van der Waals surface area (Å²) in [4.78, 5) is 0. The SMILES string of the molecule is CC[CH2][Ti]([CH3])([CH2]CC)[O][Ti]([CH3])([CH3])[CH3]. The third kappa shape index (κ3) is 7.33. The third-order valence-corrected chi connectivity index (χ3v) is 15.8. The van der Waals surface area contributed by atoms with Crippen LogP contribution in [0, 0.1) is 0 Å². The van der Waals surface area contributed by atoms with Gasteiger partial charge in [-0.1, -0.05) is 0 Å². The zero-order valence-electron chi connectivity index (χ0n) is 10.2. The van der Waals surface area contributed by atoms with Gasteiger partial charge in [0.15, 0.2) is 0 Å².